The Morgan fingerprint density at radius 2 is 2.11 bits per heavy atom. The summed E-state index contributed by atoms with van der Waals surface area (Å²) in [5, 5.41) is 3.47. The number of hydrogen-bond acceptors (Lipinski definition) is 4. The minimum Gasteiger partial charge on any atom is -0.497 e. The van der Waals surface area contributed by atoms with Crippen molar-refractivity contribution in [2.45, 2.75) is 6.92 Å². The van der Waals surface area contributed by atoms with Gasteiger partial charge in [0.05, 0.1) is 20.3 Å². The highest BCUT2D eigenvalue weighted by molar-refractivity contribution is 5.54. The van der Waals surface area contributed by atoms with Gasteiger partial charge in [-0.05, 0) is 18.6 Å². The number of ether oxygens (including phenoxy) is 2. The summed E-state index contributed by atoms with van der Waals surface area (Å²) >= 11 is 0. The van der Waals surface area contributed by atoms with Crippen LogP contribution < -0.4 is 10.1 Å². The summed E-state index contributed by atoms with van der Waals surface area (Å²) in [5.74, 6) is 0.898. The van der Waals surface area contributed by atoms with Crippen molar-refractivity contribution < 1.29 is 9.47 Å². The second kappa shape index (κ2) is 6.61. The van der Waals surface area contributed by atoms with Gasteiger partial charge in [-0.3, -0.25) is 4.90 Å². The van der Waals surface area contributed by atoms with E-state index < -0.39 is 0 Å². The van der Waals surface area contributed by atoms with E-state index in [2.05, 4.69) is 29.3 Å². The van der Waals surface area contributed by atoms with Crippen molar-refractivity contribution in [3.8, 4) is 5.75 Å². The number of methoxy groups -OCH3 is 1. The van der Waals surface area contributed by atoms with Crippen molar-refractivity contribution in [1.29, 1.82) is 0 Å². The quantitative estimate of drug-likeness (QED) is 0.863. The summed E-state index contributed by atoms with van der Waals surface area (Å²) in [4.78, 5) is 2.42. The normalized spacial score (nSPS) is 16.6. The largest absolute Gasteiger partial charge is 0.497 e. The van der Waals surface area contributed by atoms with Crippen molar-refractivity contribution >= 4 is 5.69 Å². The van der Waals surface area contributed by atoms with E-state index in [4.69, 9.17) is 9.47 Å². The van der Waals surface area contributed by atoms with Crippen LogP contribution in [-0.2, 0) is 4.74 Å². The number of nitrogens with one attached hydrogen (secondary N) is 1. The van der Waals surface area contributed by atoms with Crippen molar-refractivity contribution in [1.82, 2.24) is 4.90 Å². The van der Waals surface area contributed by atoms with Crippen LogP contribution >= 0.6 is 0 Å². The molecule has 1 aliphatic heterocycles. The Hall–Kier alpha value is -1.26. The fourth-order valence-electron chi connectivity index (χ4n) is 2.09. The second-order valence-corrected chi connectivity index (χ2v) is 4.56. The van der Waals surface area contributed by atoms with Crippen LogP contribution in [0.4, 0.5) is 5.69 Å². The smallest absolute Gasteiger partial charge is 0.120 e. The molecule has 0 aliphatic carbocycles. The monoisotopic (exact) mass is 250 g/mol. The van der Waals surface area contributed by atoms with Gasteiger partial charge in [0, 0.05) is 37.9 Å². The first-order chi connectivity index (χ1) is 8.79. The van der Waals surface area contributed by atoms with Crippen LogP contribution in [0.3, 0.4) is 0 Å². The summed E-state index contributed by atoms with van der Waals surface area (Å²) < 4.78 is 10.6. The Labute approximate surface area is 109 Å². The molecular formula is C14H22N2O2. The molecular weight excluding hydrogens is 228 g/mol. The van der Waals surface area contributed by atoms with Crippen LogP contribution in [0.5, 0.6) is 5.75 Å². The SMILES string of the molecule is COc1ccc(C)c(NCCN2CCOCC2)c1. The maximum atomic E-state index is 5.34. The predicted octanol–water partition coefficient (Wildman–Crippen LogP) is 1.75. The number of morpholine rings is 1. The molecule has 1 aromatic carbocycles. The van der Waals surface area contributed by atoms with E-state index in [1.165, 1.54) is 5.56 Å². The summed E-state index contributed by atoms with van der Waals surface area (Å²) in [6.45, 7) is 7.92. The molecule has 0 atom stereocenters. The van der Waals surface area contributed by atoms with Crippen molar-refractivity contribution in [2.75, 3.05) is 51.8 Å². The van der Waals surface area contributed by atoms with E-state index in [9.17, 15) is 0 Å². The molecule has 1 heterocycles. The van der Waals surface area contributed by atoms with Crippen molar-refractivity contribution in [3.05, 3.63) is 23.8 Å². The van der Waals surface area contributed by atoms with E-state index in [1.807, 2.05) is 6.07 Å². The van der Waals surface area contributed by atoms with E-state index in [1.54, 1.807) is 7.11 Å². The average Bonchev–Trinajstić information content (AvgIpc) is 2.42. The van der Waals surface area contributed by atoms with Gasteiger partial charge in [0.25, 0.3) is 0 Å². The molecule has 0 amide bonds. The molecule has 0 aromatic heterocycles. The zero-order valence-corrected chi connectivity index (χ0v) is 11.2. The number of hydrogen-bond donors (Lipinski definition) is 1. The van der Waals surface area contributed by atoms with Crippen LogP contribution in [0.1, 0.15) is 5.56 Å². The Balaban J connectivity index is 1.81. The fraction of sp³-hybridized carbons (Fsp3) is 0.571. The molecule has 4 nitrogen and oxygen atoms in total. The maximum Gasteiger partial charge on any atom is 0.120 e. The Morgan fingerprint density at radius 3 is 2.83 bits per heavy atom. The predicted molar refractivity (Wildman–Crippen MR) is 73.5 cm³/mol. The highest BCUT2D eigenvalue weighted by Crippen LogP contribution is 2.21. The molecule has 0 bridgehead atoms. The summed E-state index contributed by atoms with van der Waals surface area (Å²) in [5.41, 5.74) is 2.40. The van der Waals surface area contributed by atoms with Crippen molar-refractivity contribution in [3.63, 3.8) is 0 Å². The molecule has 0 unspecified atom stereocenters. The van der Waals surface area contributed by atoms with Crippen LogP contribution in [0, 0.1) is 6.92 Å². The highest BCUT2D eigenvalue weighted by atomic mass is 16.5. The Morgan fingerprint density at radius 1 is 1.33 bits per heavy atom. The minimum atomic E-state index is 0.859. The lowest BCUT2D eigenvalue weighted by Gasteiger charge is -2.26. The maximum absolute atomic E-state index is 5.34. The molecule has 1 aromatic rings. The van der Waals surface area contributed by atoms with Gasteiger partial charge in [-0.15, -0.1) is 0 Å². The topological polar surface area (TPSA) is 33.7 Å². The van der Waals surface area contributed by atoms with E-state index in [0.29, 0.717) is 0 Å². The first-order valence-electron chi connectivity index (χ1n) is 6.48. The first kappa shape index (κ1) is 13.2. The first-order valence-corrected chi connectivity index (χ1v) is 6.48. The Bertz CT molecular complexity index is 376. The van der Waals surface area contributed by atoms with Crippen LogP contribution in [0.2, 0.25) is 0 Å². The molecule has 1 saturated heterocycles. The van der Waals surface area contributed by atoms with Gasteiger partial charge < -0.3 is 14.8 Å². The van der Waals surface area contributed by atoms with E-state index in [0.717, 1.165) is 50.8 Å². The highest BCUT2D eigenvalue weighted by Gasteiger charge is 2.09. The Kier molecular flexibility index (Phi) is 4.84. The number of nitrogens with zero attached hydrogens (tertiary/aromatic N) is 1. The number of benzene rings is 1. The molecule has 0 radical (unpaired) electrons. The van der Waals surface area contributed by atoms with Gasteiger partial charge in [-0.1, -0.05) is 6.07 Å². The van der Waals surface area contributed by atoms with Gasteiger partial charge in [0.15, 0.2) is 0 Å². The lowest BCUT2D eigenvalue weighted by atomic mass is 10.2. The van der Waals surface area contributed by atoms with Gasteiger partial charge in [-0.2, -0.15) is 0 Å². The van der Waals surface area contributed by atoms with Crippen LogP contribution in [0.25, 0.3) is 0 Å². The lowest BCUT2D eigenvalue weighted by Crippen LogP contribution is -2.39. The molecule has 2 rings (SSSR count). The minimum absolute atomic E-state index is 0.859. The summed E-state index contributed by atoms with van der Waals surface area (Å²) in [6, 6.07) is 6.12. The zero-order chi connectivity index (χ0) is 12.8. The summed E-state index contributed by atoms with van der Waals surface area (Å²) in [6.07, 6.45) is 0. The lowest BCUT2D eigenvalue weighted by molar-refractivity contribution is 0.0398. The standard InChI is InChI=1S/C14H22N2O2/c1-12-3-4-13(17-2)11-14(12)15-5-6-16-7-9-18-10-8-16/h3-4,11,15H,5-10H2,1-2H3. The van der Waals surface area contributed by atoms with Gasteiger partial charge in [0.1, 0.15) is 5.75 Å². The van der Waals surface area contributed by atoms with Crippen molar-refractivity contribution in [2.24, 2.45) is 0 Å². The molecule has 4 heteroatoms. The number of rotatable bonds is 5. The number of aryl methyl sites for hydroxylation is 1. The summed E-state index contributed by atoms with van der Waals surface area (Å²) in [7, 11) is 1.70. The van der Waals surface area contributed by atoms with Gasteiger partial charge >= 0.3 is 0 Å². The third kappa shape index (κ3) is 3.62. The van der Waals surface area contributed by atoms with Gasteiger partial charge in [0.2, 0.25) is 0 Å². The molecule has 1 fully saturated rings. The molecule has 0 spiro atoms. The molecule has 18 heavy (non-hydrogen) atoms. The second-order valence-electron chi connectivity index (χ2n) is 4.56. The number of anilines is 1. The van der Waals surface area contributed by atoms with Crippen LogP contribution in [0.15, 0.2) is 18.2 Å². The van der Waals surface area contributed by atoms with E-state index in [-0.39, 0.29) is 0 Å². The van der Waals surface area contributed by atoms with Crippen LogP contribution in [-0.4, -0.2) is 51.4 Å². The molecule has 1 aliphatic rings. The molecule has 1 N–H and O–H groups in total. The third-order valence-corrected chi connectivity index (χ3v) is 3.29. The average molecular weight is 250 g/mol. The molecule has 0 saturated carbocycles. The fourth-order valence-corrected chi connectivity index (χ4v) is 2.09. The van der Waals surface area contributed by atoms with Gasteiger partial charge in [-0.25, -0.2) is 0 Å². The van der Waals surface area contributed by atoms with E-state index >= 15 is 0 Å². The third-order valence-electron chi connectivity index (χ3n) is 3.29. The molecule has 100 valence electrons. The zero-order valence-electron chi connectivity index (χ0n) is 11.2.